The third kappa shape index (κ3) is 4.87. The zero-order chi connectivity index (χ0) is 19.2. The van der Waals surface area contributed by atoms with E-state index in [9.17, 15) is 4.79 Å². The number of nitrogens with zero attached hydrogens (tertiary/aromatic N) is 1. The summed E-state index contributed by atoms with van der Waals surface area (Å²) in [6.45, 7) is 1.82. The van der Waals surface area contributed by atoms with E-state index in [1.54, 1.807) is 36.4 Å². The van der Waals surface area contributed by atoms with Crippen molar-refractivity contribution in [1.29, 1.82) is 5.26 Å². The highest BCUT2D eigenvalue weighted by Gasteiger charge is 2.07. The monoisotopic (exact) mass is 376 g/mol. The minimum atomic E-state index is -0.281. The molecule has 0 aliphatic rings. The lowest BCUT2D eigenvalue weighted by molar-refractivity contribution is -0.118. The normalized spacial score (nSPS) is 10.1. The van der Waals surface area contributed by atoms with Crippen molar-refractivity contribution in [3.8, 4) is 22.9 Å². The maximum Gasteiger partial charge on any atom is 0.262 e. The molecule has 27 heavy (non-hydrogen) atoms. The van der Waals surface area contributed by atoms with E-state index in [2.05, 4.69) is 11.4 Å². The highest BCUT2D eigenvalue weighted by atomic mass is 35.5. The topological polar surface area (TPSA) is 62.1 Å². The van der Waals surface area contributed by atoms with E-state index in [1.165, 1.54) is 0 Å². The van der Waals surface area contributed by atoms with Crippen molar-refractivity contribution in [1.82, 2.24) is 0 Å². The predicted octanol–water partition coefficient (Wildman–Crippen LogP) is 5.20. The summed E-state index contributed by atoms with van der Waals surface area (Å²) in [7, 11) is 0. The number of ether oxygens (including phenoxy) is 1. The van der Waals surface area contributed by atoms with Gasteiger partial charge >= 0.3 is 0 Å². The Morgan fingerprint density at radius 2 is 1.67 bits per heavy atom. The largest absolute Gasteiger partial charge is 0.484 e. The van der Waals surface area contributed by atoms with Gasteiger partial charge in [0, 0.05) is 0 Å². The van der Waals surface area contributed by atoms with Crippen LogP contribution in [0.3, 0.4) is 0 Å². The van der Waals surface area contributed by atoms with Crippen LogP contribution in [0.1, 0.15) is 11.1 Å². The number of hydrogen-bond acceptors (Lipinski definition) is 3. The average Bonchev–Trinajstić information content (AvgIpc) is 2.69. The predicted molar refractivity (Wildman–Crippen MR) is 107 cm³/mol. The number of nitrogens with one attached hydrogen (secondary N) is 1. The summed E-state index contributed by atoms with van der Waals surface area (Å²) < 4.78 is 5.53. The fourth-order valence-electron chi connectivity index (χ4n) is 2.54. The van der Waals surface area contributed by atoms with Crippen LogP contribution in [0.15, 0.2) is 66.7 Å². The van der Waals surface area contributed by atoms with Crippen LogP contribution in [0.4, 0.5) is 5.69 Å². The molecule has 0 radical (unpaired) electrons. The summed E-state index contributed by atoms with van der Waals surface area (Å²) in [6.07, 6.45) is 0. The molecular formula is C22H17ClN2O2. The number of nitriles is 1. The number of anilines is 1. The second kappa shape index (κ2) is 8.39. The van der Waals surface area contributed by atoms with E-state index >= 15 is 0 Å². The third-order valence-electron chi connectivity index (χ3n) is 3.97. The fraction of sp³-hybridized carbons (Fsp3) is 0.0909. The molecule has 5 heteroatoms. The molecule has 3 aromatic carbocycles. The number of halogens is 1. The summed E-state index contributed by atoms with van der Waals surface area (Å²) in [5.41, 5.74) is 4.22. The molecule has 0 saturated heterocycles. The number of rotatable bonds is 5. The van der Waals surface area contributed by atoms with Gasteiger partial charge in [0.05, 0.1) is 22.3 Å². The molecule has 0 spiro atoms. The molecule has 3 aromatic rings. The molecule has 0 fully saturated rings. The maximum atomic E-state index is 12.1. The van der Waals surface area contributed by atoms with Gasteiger partial charge in [-0.3, -0.25) is 4.79 Å². The Balaban J connectivity index is 1.58. The van der Waals surface area contributed by atoms with Crippen molar-refractivity contribution in [3.05, 3.63) is 82.9 Å². The summed E-state index contributed by atoms with van der Waals surface area (Å²) in [5, 5.41) is 12.1. The molecule has 1 N–H and O–H groups in total. The molecule has 0 bridgehead atoms. The summed E-state index contributed by atoms with van der Waals surface area (Å²) >= 11 is 6.11. The Hall–Kier alpha value is -3.29. The zero-order valence-electron chi connectivity index (χ0n) is 14.7. The molecule has 4 nitrogen and oxygen atoms in total. The van der Waals surface area contributed by atoms with Gasteiger partial charge in [-0.25, -0.2) is 0 Å². The number of amides is 1. The third-order valence-corrected chi connectivity index (χ3v) is 4.28. The molecule has 0 heterocycles. The van der Waals surface area contributed by atoms with E-state index in [0.717, 1.165) is 16.7 Å². The molecule has 0 unspecified atom stereocenters. The molecule has 0 aliphatic carbocycles. The van der Waals surface area contributed by atoms with Crippen LogP contribution in [0.25, 0.3) is 11.1 Å². The lowest BCUT2D eigenvalue weighted by Crippen LogP contribution is -2.20. The Bertz CT molecular complexity index is 990. The van der Waals surface area contributed by atoms with E-state index in [-0.39, 0.29) is 12.5 Å². The second-order valence-electron chi connectivity index (χ2n) is 6.03. The summed E-state index contributed by atoms with van der Waals surface area (Å²) in [4.78, 5) is 12.1. The average molecular weight is 377 g/mol. The Kier molecular flexibility index (Phi) is 5.75. The smallest absolute Gasteiger partial charge is 0.262 e. The number of benzene rings is 3. The molecule has 0 atom stereocenters. The quantitative estimate of drug-likeness (QED) is 0.665. The van der Waals surface area contributed by atoms with Gasteiger partial charge < -0.3 is 10.1 Å². The van der Waals surface area contributed by atoms with E-state index in [1.807, 2.05) is 37.3 Å². The Morgan fingerprint density at radius 1 is 1.04 bits per heavy atom. The maximum absolute atomic E-state index is 12.1. The molecule has 0 saturated carbocycles. The van der Waals surface area contributed by atoms with Gasteiger partial charge in [-0.1, -0.05) is 41.9 Å². The van der Waals surface area contributed by atoms with Crippen molar-refractivity contribution in [2.24, 2.45) is 0 Å². The highest BCUT2D eigenvalue weighted by Crippen LogP contribution is 2.24. The number of carbonyl (C=O) groups is 1. The molecule has 134 valence electrons. The minimum Gasteiger partial charge on any atom is -0.484 e. The van der Waals surface area contributed by atoms with Crippen LogP contribution in [0.2, 0.25) is 5.02 Å². The van der Waals surface area contributed by atoms with Crippen molar-refractivity contribution in [2.45, 2.75) is 6.92 Å². The molecule has 0 aliphatic heterocycles. The lowest BCUT2D eigenvalue weighted by Gasteiger charge is -2.10. The van der Waals surface area contributed by atoms with Gasteiger partial charge in [0.1, 0.15) is 5.75 Å². The SMILES string of the molecule is Cc1ccc(NC(=O)COc2ccc(-c3ccc(C#N)cc3)cc2)c(Cl)c1. The van der Waals surface area contributed by atoms with Crippen molar-refractivity contribution >= 4 is 23.2 Å². The summed E-state index contributed by atoms with van der Waals surface area (Å²) in [5.74, 6) is 0.314. The van der Waals surface area contributed by atoms with Gasteiger partial charge in [-0.2, -0.15) is 5.26 Å². The summed E-state index contributed by atoms with van der Waals surface area (Å²) in [6, 6.07) is 22.3. The van der Waals surface area contributed by atoms with E-state index < -0.39 is 0 Å². The van der Waals surface area contributed by atoms with Gasteiger partial charge in [0.2, 0.25) is 0 Å². The highest BCUT2D eigenvalue weighted by molar-refractivity contribution is 6.33. The van der Waals surface area contributed by atoms with Crippen molar-refractivity contribution < 1.29 is 9.53 Å². The first-order valence-electron chi connectivity index (χ1n) is 8.34. The van der Waals surface area contributed by atoms with Gasteiger partial charge in [0.15, 0.2) is 6.61 Å². The zero-order valence-corrected chi connectivity index (χ0v) is 15.5. The second-order valence-corrected chi connectivity index (χ2v) is 6.44. The molecule has 1 amide bonds. The first-order valence-corrected chi connectivity index (χ1v) is 8.72. The van der Waals surface area contributed by atoms with Crippen LogP contribution < -0.4 is 10.1 Å². The first-order chi connectivity index (χ1) is 13.0. The molecular weight excluding hydrogens is 360 g/mol. The first kappa shape index (κ1) is 18.5. The van der Waals surface area contributed by atoms with Crippen LogP contribution >= 0.6 is 11.6 Å². The van der Waals surface area contributed by atoms with Crippen LogP contribution in [-0.4, -0.2) is 12.5 Å². The van der Waals surface area contributed by atoms with E-state index in [4.69, 9.17) is 21.6 Å². The number of hydrogen-bond donors (Lipinski definition) is 1. The van der Waals surface area contributed by atoms with Gasteiger partial charge in [0.25, 0.3) is 5.91 Å². The van der Waals surface area contributed by atoms with Crippen LogP contribution in [-0.2, 0) is 4.79 Å². The number of aryl methyl sites for hydroxylation is 1. The standard InChI is InChI=1S/C22H17ClN2O2/c1-15-2-11-21(20(23)12-15)25-22(26)14-27-19-9-7-18(8-10-19)17-5-3-16(13-24)4-6-17/h2-12H,14H2,1H3,(H,25,26). The lowest BCUT2D eigenvalue weighted by atomic mass is 10.0. The van der Waals surface area contributed by atoms with Crippen molar-refractivity contribution in [3.63, 3.8) is 0 Å². The Morgan fingerprint density at radius 3 is 2.26 bits per heavy atom. The Labute approximate surface area is 163 Å². The fourth-order valence-corrected chi connectivity index (χ4v) is 2.82. The van der Waals surface area contributed by atoms with Gasteiger partial charge in [-0.15, -0.1) is 0 Å². The molecule has 3 rings (SSSR count). The molecule has 0 aromatic heterocycles. The minimum absolute atomic E-state index is 0.111. The van der Waals surface area contributed by atoms with Crippen molar-refractivity contribution in [2.75, 3.05) is 11.9 Å². The number of carbonyl (C=O) groups excluding carboxylic acids is 1. The van der Waals surface area contributed by atoms with Crippen LogP contribution in [0.5, 0.6) is 5.75 Å². The van der Waals surface area contributed by atoms with Crippen LogP contribution in [0, 0.1) is 18.3 Å². The van der Waals surface area contributed by atoms with Gasteiger partial charge in [-0.05, 0) is 60.0 Å². The van der Waals surface area contributed by atoms with E-state index in [0.29, 0.717) is 22.0 Å².